The molecule has 0 aliphatic carbocycles. The van der Waals surface area contributed by atoms with Gasteiger partial charge in [0.25, 0.3) is 0 Å². The molecule has 1 aliphatic heterocycles. The van der Waals surface area contributed by atoms with E-state index >= 15 is 0 Å². The second kappa shape index (κ2) is 8.27. The molecule has 0 bridgehead atoms. The highest BCUT2D eigenvalue weighted by atomic mass is 16.5. The Kier molecular flexibility index (Phi) is 5.39. The molecule has 144 valence electrons. The SMILES string of the molecule is O=C(Nc1cccc2cccnc12)N(Cc1ccccc1O)CC1CCCO1. The summed E-state index contributed by atoms with van der Waals surface area (Å²) in [7, 11) is 0. The lowest BCUT2D eigenvalue weighted by molar-refractivity contribution is 0.0817. The first kappa shape index (κ1) is 18.3. The van der Waals surface area contributed by atoms with Crippen LogP contribution in [0, 0.1) is 0 Å². The number of benzene rings is 2. The fraction of sp³-hybridized carbons (Fsp3) is 0.273. The largest absolute Gasteiger partial charge is 0.508 e. The quantitative estimate of drug-likeness (QED) is 0.700. The maximum atomic E-state index is 13.1. The van der Waals surface area contributed by atoms with Crippen molar-refractivity contribution in [1.82, 2.24) is 9.88 Å². The van der Waals surface area contributed by atoms with E-state index in [2.05, 4.69) is 10.3 Å². The summed E-state index contributed by atoms with van der Waals surface area (Å²) in [5.74, 6) is 0.180. The molecule has 1 saturated heterocycles. The summed E-state index contributed by atoms with van der Waals surface area (Å²) in [4.78, 5) is 19.2. The fourth-order valence-corrected chi connectivity index (χ4v) is 3.50. The molecule has 4 rings (SSSR count). The van der Waals surface area contributed by atoms with Crippen molar-refractivity contribution >= 4 is 22.6 Å². The van der Waals surface area contributed by atoms with Gasteiger partial charge in [-0.3, -0.25) is 4.98 Å². The van der Waals surface area contributed by atoms with E-state index < -0.39 is 0 Å². The van der Waals surface area contributed by atoms with Gasteiger partial charge in [-0.25, -0.2) is 4.79 Å². The summed E-state index contributed by atoms with van der Waals surface area (Å²) in [5, 5.41) is 14.1. The van der Waals surface area contributed by atoms with Gasteiger partial charge < -0.3 is 20.1 Å². The Balaban J connectivity index is 1.57. The molecule has 2 aromatic carbocycles. The Hall–Kier alpha value is -3.12. The minimum atomic E-state index is -0.239. The molecule has 0 spiro atoms. The summed E-state index contributed by atoms with van der Waals surface area (Å²) in [6.07, 6.45) is 3.66. The zero-order valence-corrected chi connectivity index (χ0v) is 15.5. The van der Waals surface area contributed by atoms with E-state index in [9.17, 15) is 9.90 Å². The Bertz CT molecular complexity index is 965. The van der Waals surface area contributed by atoms with Crippen LogP contribution in [0.5, 0.6) is 5.75 Å². The smallest absolute Gasteiger partial charge is 0.322 e. The van der Waals surface area contributed by atoms with Crippen molar-refractivity contribution in [3.8, 4) is 5.75 Å². The predicted octanol–water partition coefficient (Wildman–Crippen LogP) is 4.15. The molecule has 0 radical (unpaired) electrons. The molecule has 6 heteroatoms. The summed E-state index contributed by atoms with van der Waals surface area (Å²) >= 11 is 0. The van der Waals surface area contributed by atoms with Crippen molar-refractivity contribution in [2.45, 2.75) is 25.5 Å². The number of ether oxygens (including phenoxy) is 1. The molecule has 1 fully saturated rings. The first-order valence-electron chi connectivity index (χ1n) is 9.49. The van der Waals surface area contributed by atoms with Crippen LogP contribution in [0.1, 0.15) is 18.4 Å². The fourth-order valence-electron chi connectivity index (χ4n) is 3.50. The third-order valence-electron chi connectivity index (χ3n) is 4.96. The number of hydrogen-bond acceptors (Lipinski definition) is 4. The van der Waals surface area contributed by atoms with Crippen molar-refractivity contribution < 1.29 is 14.6 Å². The number of nitrogens with one attached hydrogen (secondary N) is 1. The number of rotatable bonds is 5. The van der Waals surface area contributed by atoms with Gasteiger partial charge in [-0.1, -0.05) is 36.4 Å². The Morgan fingerprint density at radius 1 is 1.18 bits per heavy atom. The highest BCUT2D eigenvalue weighted by molar-refractivity contribution is 5.99. The number of aromatic hydroxyl groups is 1. The first-order chi connectivity index (χ1) is 13.7. The van der Waals surface area contributed by atoms with Gasteiger partial charge in [0.15, 0.2) is 0 Å². The molecule has 2 N–H and O–H groups in total. The summed E-state index contributed by atoms with van der Waals surface area (Å²) in [5.41, 5.74) is 2.11. The van der Waals surface area contributed by atoms with Gasteiger partial charge >= 0.3 is 6.03 Å². The van der Waals surface area contributed by atoms with E-state index in [0.717, 1.165) is 30.4 Å². The summed E-state index contributed by atoms with van der Waals surface area (Å²) in [6, 6.07) is 16.4. The number of phenolic OH excluding ortho intramolecular Hbond substituents is 1. The number of urea groups is 1. The number of carbonyl (C=O) groups is 1. The highest BCUT2D eigenvalue weighted by Crippen LogP contribution is 2.23. The Labute approximate surface area is 163 Å². The minimum Gasteiger partial charge on any atom is -0.508 e. The number of amides is 2. The van der Waals surface area contributed by atoms with Gasteiger partial charge in [0.2, 0.25) is 0 Å². The van der Waals surface area contributed by atoms with Crippen LogP contribution in [0.4, 0.5) is 10.5 Å². The van der Waals surface area contributed by atoms with E-state index in [4.69, 9.17) is 4.74 Å². The normalized spacial score (nSPS) is 16.2. The Morgan fingerprint density at radius 2 is 2.04 bits per heavy atom. The molecule has 0 saturated carbocycles. The second-order valence-corrected chi connectivity index (χ2v) is 6.96. The van der Waals surface area contributed by atoms with E-state index in [0.29, 0.717) is 24.3 Å². The van der Waals surface area contributed by atoms with Crippen LogP contribution in [0.15, 0.2) is 60.8 Å². The molecule has 1 aromatic heterocycles. The molecular weight excluding hydrogens is 354 g/mol. The topological polar surface area (TPSA) is 74.7 Å². The van der Waals surface area contributed by atoms with Crippen LogP contribution in [-0.2, 0) is 11.3 Å². The predicted molar refractivity (Wildman–Crippen MR) is 108 cm³/mol. The minimum absolute atomic E-state index is 0.0160. The van der Waals surface area contributed by atoms with Gasteiger partial charge in [-0.15, -0.1) is 0 Å². The van der Waals surface area contributed by atoms with Gasteiger partial charge in [0.1, 0.15) is 5.75 Å². The van der Waals surface area contributed by atoms with Crippen molar-refractivity contribution in [2.75, 3.05) is 18.5 Å². The van der Waals surface area contributed by atoms with Crippen molar-refractivity contribution in [3.05, 3.63) is 66.4 Å². The van der Waals surface area contributed by atoms with Gasteiger partial charge in [0, 0.05) is 30.3 Å². The third kappa shape index (κ3) is 4.07. The number of aromatic nitrogens is 1. The van der Waals surface area contributed by atoms with E-state index in [-0.39, 0.29) is 17.9 Å². The Morgan fingerprint density at radius 3 is 2.86 bits per heavy atom. The van der Waals surface area contributed by atoms with E-state index in [1.165, 1.54) is 0 Å². The standard InChI is InChI=1S/C22H23N3O3/c26-20-11-2-1-6-17(20)14-25(15-18-9-5-13-28-18)22(27)24-19-10-3-7-16-8-4-12-23-21(16)19/h1-4,6-8,10-12,18,26H,5,9,13-15H2,(H,24,27). The van der Waals surface area contributed by atoms with Gasteiger partial charge in [-0.2, -0.15) is 0 Å². The van der Waals surface area contributed by atoms with Gasteiger partial charge in [0.05, 0.1) is 23.9 Å². The molecule has 2 amide bonds. The maximum absolute atomic E-state index is 13.1. The summed E-state index contributed by atoms with van der Waals surface area (Å²) < 4.78 is 5.73. The molecule has 3 aromatic rings. The second-order valence-electron chi connectivity index (χ2n) is 6.96. The lowest BCUT2D eigenvalue weighted by Crippen LogP contribution is -2.39. The monoisotopic (exact) mass is 377 g/mol. The number of phenols is 1. The zero-order valence-electron chi connectivity index (χ0n) is 15.5. The number of nitrogens with zero attached hydrogens (tertiary/aromatic N) is 2. The van der Waals surface area contributed by atoms with E-state index in [1.807, 2.05) is 42.5 Å². The van der Waals surface area contributed by atoms with Crippen LogP contribution in [0.2, 0.25) is 0 Å². The van der Waals surface area contributed by atoms with Crippen molar-refractivity contribution in [1.29, 1.82) is 0 Å². The molecule has 2 heterocycles. The zero-order chi connectivity index (χ0) is 19.3. The number of hydrogen-bond donors (Lipinski definition) is 2. The maximum Gasteiger partial charge on any atom is 0.322 e. The summed E-state index contributed by atoms with van der Waals surface area (Å²) in [6.45, 7) is 1.50. The van der Waals surface area contributed by atoms with Crippen LogP contribution in [0.25, 0.3) is 10.9 Å². The molecule has 28 heavy (non-hydrogen) atoms. The van der Waals surface area contributed by atoms with Crippen LogP contribution in [0.3, 0.4) is 0 Å². The number of para-hydroxylation sites is 2. The molecule has 6 nitrogen and oxygen atoms in total. The molecule has 1 aliphatic rings. The lowest BCUT2D eigenvalue weighted by Gasteiger charge is -2.26. The number of pyridine rings is 1. The van der Waals surface area contributed by atoms with Gasteiger partial charge in [-0.05, 0) is 31.0 Å². The van der Waals surface area contributed by atoms with Crippen molar-refractivity contribution in [3.63, 3.8) is 0 Å². The van der Waals surface area contributed by atoms with Crippen LogP contribution >= 0.6 is 0 Å². The van der Waals surface area contributed by atoms with Crippen molar-refractivity contribution in [2.24, 2.45) is 0 Å². The molecule has 1 unspecified atom stereocenters. The van der Waals surface area contributed by atoms with E-state index in [1.54, 1.807) is 23.2 Å². The number of anilines is 1. The molecule has 1 atom stereocenters. The number of fused-ring (bicyclic) bond motifs is 1. The third-order valence-corrected chi connectivity index (χ3v) is 4.96. The highest BCUT2D eigenvalue weighted by Gasteiger charge is 2.24. The lowest BCUT2D eigenvalue weighted by atomic mass is 10.1. The van der Waals surface area contributed by atoms with Crippen LogP contribution < -0.4 is 5.32 Å². The first-order valence-corrected chi connectivity index (χ1v) is 9.49. The molecular formula is C22H23N3O3. The average molecular weight is 377 g/mol. The van der Waals surface area contributed by atoms with Crippen LogP contribution in [-0.4, -0.2) is 40.3 Å². The average Bonchev–Trinajstić information content (AvgIpc) is 3.22. The number of carbonyl (C=O) groups excluding carboxylic acids is 1.